The van der Waals surface area contributed by atoms with Crippen LogP contribution in [0.4, 0.5) is 11.4 Å². The third-order valence-corrected chi connectivity index (χ3v) is 3.41. The number of carboxylic acids is 1. The second kappa shape index (κ2) is 6.42. The Morgan fingerprint density at radius 2 is 2.14 bits per heavy atom. The second-order valence-corrected chi connectivity index (χ2v) is 5.18. The minimum Gasteiger partial charge on any atom is -0.480 e. The smallest absolute Gasteiger partial charge is 0.326 e. The first-order valence-corrected chi connectivity index (χ1v) is 7.01. The number of nitrogens with one attached hydrogen (secondary N) is 2. The number of nitro groups is 1. The van der Waals surface area contributed by atoms with E-state index in [1.807, 2.05) is 0 Å². The summed E-state index contributed by atoms with van der Waals surface area (Å²) in [6.07, 6.45) is 2.16. The first-order valence-electron chi connectivity index (χ1n) is 7.01. The minimum atomic E-state index is -1.14. The highest BCUT2D eigenvalue weighted by atomic mass is 16.6. The molecule has 1 amide bonds. The quantitative estimate of drug-likeness (QED) is 0.521. The van der Waals surface area contributed by atoms with Crippen molar-refractivity contribution >= 4 is 23.3 Å². The highest BCUT2D eigenvalue weighted by molar-refractivity contribution is 5.97. The Hall–Kier alpha value is -2.64. The van der Waals surface area contributed by atoms with Crippen LogP contribution < -0.4 is 10.6 Å². The van der Waals surface area contributed by atoms with Crippen molar-refractivity contribution in [2.75, 3.05) is 5.32 Å². The Bertz CT molecular complexity index is 612. The molecule has 0 aromatic heterocycles. The van der Waals surface area contributed by atoms with Crippen LogP contribution in [0.2, 0.25) is 0 Å². The van der Waals surface area contributed by atoms with Crippen LogP contribution in [0.25, 0.3) is 0 Å². The van der Waals surface area contributed by atoms with Gasteiger partial charge in [-0.05, 0) is 31.4 Å². The molecule has 0 radical (unpaired) electrons. The van der Waals surface area contributed by atoms with Gasteiger partial charge in [-0.2, -0.15) is 0 Å². The summed E-state index contributed by atoms with van der Waals surface area (Å²) in [5, 5.41) is 25.4. The summed E-state index contributed by atoms with van der Waals surface area (Å²) in [5.74, 6) is -1.78. The maximum absolute atomic E-state index is 12.0. The minimum absolute atomic E-state index is 0.0627. The molecule has 0 heterocycles. The molecule has 1 unspecified atom stereocenters. The van der Waals surface area contributed by atoms with Gasteiger partial charge in [-0.3, -0.25) is 14.9 Å². The molecular formula is C14H17N3O5. The van der Waals surface area contributed by atoms with E-state index in [2.05, 4.69) is 10.6 Å². The van der Waals surface area contributed by atoms with Crippen molar-refractivity contribution in [2.24, 2.45) is 0 Å². The molecule has 1 aliphatic rings. The molecule has 1 saturated carbocycles. The van der Waals surface area contributed by atoms with Gasteiger partial charge in [0, 0.05) is 17.7 Å². The molecular weight excluding hydrogens is 290 g/mol. The van der Waals surface area contributed by atoms with Crippen molar-refractivity contribution in [3.63, 3.8) is 0 Å². The lowest BCUT2D eigenvalue weighted by Gasteiger charge is -2.13. The summed E-state index contributed by atoms with van der Waals surface area (Å²) in [5.41, 5.74) is 0.241. The Balaban J connectivity index is 2.20. The fraction of sp³-hybridized carbons (Fsp3) is 0.429. The van der Waals surface area contributed by atoms with Crippen molar-refractivity contribution in [1.82, 2.24) is 5.32 Å². The number of nitrogens with zero attached hydrogens (tertiary/aromatic N) is 1. The number of benzene rings is 1. The normalized spacial score (nSPS) is 15.0. The number of anilines is 1. The number of nitro benzene ring substituents is 1. The zero-order valence-electron chi connectivity index (χ0n) is 12.0. The molecule has 3 N–H and O–H groups in total. The SMILES string of the molecule is CCC(NC(=O)c1ccc(NC2CC2)c([N+](=O)[O-])c1)C(=O)O. The molecule has 1 aromatic rings. The van der Waals surface area contributed by atoms with Gasteiger partial charge >= 0.3 is 5.97 Å². The highest BCUT2D eigenvalue weighted by Crippen LogP contribution is 2.31. The lowest BCUT2D eigenvalue weighted by atomic mass is 10.1. The van der Waals surface area contributed by atoms with Gasteiger partial charge < -0.3 is 15.7 Å². The van der Waals surface area contributed by atoms with Crippen LogP contribution in [-0.4, -0.2) is 34.0 Å². The molecule has 118 valence electrons. The van der Waals surface area contributed by atoms with Crippen molar-refractivity contribution in [2.45, 2.75) is 38.3 Å². The molecule has 1 aliphatic carbocycles. The van der Waals surface area contributed by atoms with E-state index >= 15 is 0 Å². The number of aliphatic carboxylic acids is 1. The lowest BCUT2D eigenvalue weighted by Crippen LogP contribution is -2.40. The van der Waals surface area contributed by atoms with E-state index in [0.29, 0.717) is 5.69 Å². The van der Waals surface area contributed by atoms with Gasteiger partial charge in [-0.25, -0.2) is 4.79 Å². The van der Waals surface area contributed by atoms with Gasteiger partial charge in [0.05, 0.1) is 4.92 Å². The number of rotatable bonds is 7. The lowest BCUT2D eigenvalue weighted by molar-refractivity contribution is -0.384. The summed E-state index contributed by atoms with van der Waals surface area (Å²) < 4.78 is 0. The van der Waals surface area contributed by atoms with E-state index < -0.39 is 22.8 Å². The zero-order valence-corrected chi connectivity index (χ0v) is 12.0. The van der Waals surface area contributed by atoms with Crippen molar-refractivity contribution in [3.05, 3.63) is 33.9 Å². The number of carbonyl (C=O) groups is 2. The van der Waals surface area contributed by atoms with Crippen LogP contribution in [0.3, 0.4) is 0 Å². The number of carbonyl (C=O) groups excluding carboxylic acids is 1. The Morgan fingerprint density at radius 3 is 2.64 bits per heavy atom. The van der Waals surface area contributed by atoms with Gasteiger partial charge in [0.25, 0.3) is 11.6 Å². The fourth-order valence-corrected chi connectivity index (χ4v) is 1.97. The highest BCUT2D eigenvalue weighted by Gasteiger charge is 2.26. The zero-order chi connectivity index (χ0) is 16.3. The number of amides is 1. The van der Waals surface area contributed by atoms with Crippen LogP contribution in [0.1, 0.15) is 36.5 Å². The van der Waals surface area contributed by atoms with E-state index in [0.717, 1.165) is 18.9 Å². The molecule has 2 rings (SSSR count). The molecule has 0 spiro atoms. The first-order chi connectivity index (χ1) is 10.4. The molecule has 8 heteroatoms. The Labute approximate surface area is 126 Å². The third-order valence-electron chi connectivity index (χ3n) is 3.41. The number of hydrogen-bond acceptors (Lipinski definition) is 5. The number of carboxylic acid groups (broad SMARTS) is 1. The maximum atomic E-state index is 12.0. The van der Waals surface area contributed by atoms with Crippen molar-refractivity contribution < 1.29 is 19.6 Å². The maximum Gasteiger partial charge on any atom is 0.326 e. The predicted molar refractivity (Wildman–Crippen MR) is 78.9 cm³/mol. The van der Waals surface area contributed by atoms with E-state index in [9.17, 15) is 19.7 Å². The van der Waals surface area contributed by atoms with Crippen LogP contribution >= 0.6 is 0 Å². The first kappa shape index (κ1) is 15.7. The van der Waals surface area contributed by atoms with Crippen LogP contribution in [0.15, 0.2) is 18.2 Å². The summed E-state index contributed by atoms with van der Waals surface area (Å²) in [6.45, 7) is 1.63. The standard InChI is InChI=1S/C14H17N3O5/c1-2-10(14(19)20)16-13(18)8-3-6-11(15-9-4-5-9)12(7-8)17(21)22/h3,6-7,9-10,15H,2,4-5H2,1H3,(H,16,18)(H,19,20). The summed E-state index contributed by atoms with van der Waals surface area (Å²) in [6, 6.07) is 3.31. The molecule has 1 fully saturated rings. The molecule has 0 aliphatic heterocycles. The van der Waals surface area contributed by atoms with E-state index in [1.165, 1.54) is 12.1 Å². The average molecular weight is 307 g/mol. The molecule has 0 saturated heterocycles. The van der Waals surface area contributed by atoms with Gasteiger partial charge in [0.2, 0.25) is 0 Å². The van der Waals surface area contributed by atoms with Crippen LogP contribution in [0.5, 0.6) is 0 Å². The largest absolute Gasteiger partial charge is 0.480 e. The van der Waals surface area contributed by atoms with Gasteiger partial charge in [-0.1, -0.05) is 6.92 Å². The van der Waals surface area contributed by atoms with Crippen molar-refractivity contribution in [3.8, 4) is 0 Å². The van der Waals surface area contributed by atoms with Crippen LogP contribution in [-0.2, 0) is 4.79 Å². The predicted octanol–water partition coefficient (Wildman–Crippen LogP) is 1.76. The number of hydrogen-bond donors (Lipinski definition) is 3. The molecule has 0 bridgehead atoms. The second-order valence-electron chi connectivity index (χ2n) is 5.18. The molecule has 1 aromatic carbocycles. The molecule has 1 atom stereocenters. The monoisotopic (exact) mass is 307 g/mol. The van der Waals surface area contributed by atoms with Gasteiger partial charge in [0.15, 0.2) is 0 Å². The third kappa shape index (κ3) is 3.72. The Morgan fingerprint density at radius 1 is 1.45 bits per heavy atom. The molecule has 22 heavy (non-hydrogen) atoms. The van der Waals surface area contributed by atoms with Crippen LogP contribution in [0, 0.1) is 10.1 Å². The Kier molecular flexibility index (Phi) is 4.59. The average Bonchev–Trinajstić information content (AvgIpc) is 3.28. The van der Waals surface area contributed by atoms with E-state index in [-0.39, 0.29) is 23.7 Å². The summed E-state index contributed by atoms with van der Waals surface area (Å²) in [4.78, 5) is 33.5. The van der Waals surface area contributed by atoms with Crippen molar-refractivity contribution in [1.29, 1.82) is 0 Å². The molecule has 8 nitrogen and oxygen atoms in total. The fourth-order valence-electron chi connectivity index (χ4n) is 1.97. The van der Waals surface area contributed by atoms with E-state index in [4.69, 9.17) is 5.11 Å². The van der Waals surface area contributed by atoms with Gasteiger partial charge in [-0.15, -0.1) is 0 Å². The van der Waals surface area contributed by atoms with Gasteiger partial charge in [0.1, 0.15) is 11.7 Å². The summed E-state index contributed by atoms with van der Waals surface area (Å²) >= 11 is 0. The summed E-state index contributed by atoms with van der Waals surface area (Å²) in [7, 11) is 0. The van der Waals surface area contributed by atoms with E-state index in [1.54, 1.807) is 6.92 Å². The topological polar surface area (TPSA) is 122 Å².